The van der Waals surface area contributed by atoms with E-state index in [0.717, 1.165) is 22.3 Å². The first-order chi connectivity index (χ1) is 13.0. The molecule has 134 valence electrons. The zero-order valence-electron chi connectivity index (χ0n) is 14.9. The molecule has 0 atom stereocenters. The van der Waals surface area contributed by atoms with Crippen LogP contribution < -0.4 is 16.1 Å². The minimum absolute atomic E-state index is 0.0373. The molecule has 0 aliphatic rings. The number of benzene rings is 1. The molecule has 0 aliphatic carbocycles. The number of amides is 1. The molecule has 0 radical (unpaired) electrons. The summed E-state index contributed by atoms with van der Waals surface area (Å²) < 4.78 is 0. The molecule has 0 unspecified atom stereocenters. The number of pyridine rings is 3. The molecule has 27 heavy (non-hydrogen) atoms. The van der Waals surface area contributed by atoms with Crippen LogP contribution in [0, 0.1) is 0 Å². The van der Waals surface area contributed by atoms with Gasteiger partial charge in [0.2, 0.25) is 0 Å². The second-order valence-corrected chi connectivity index (χ2v) is 6.44. The van der Waals surface area contributed by atoms with Crippen molar-refractivity contribution in [3.8, 4) is 11.3 Å². The highest BCUT2D eigenvalue weighted by Crippen LogP contribution is 2.30. The molecule has 3 N–H and O–H groups in total. The third-order valence-corrected chi connectivity index (χ3v) is 4.39. The van der Waals surface area contributed by atoms with Gasteiger partial charge in [-0.15, -0.1) is 0 Å². The van der Waals surface area contributed by atoms with Crippen molar-refractivity contribution in [2.24, 2.45) is 5.73 Å². The number of rotatable bonds is 3. The third kappa shape index (κ3) is 2.79. The first-order valence-electron chi connectivity index (χ1n) is 8.35. The summed E-state index contributed by atoms with van der Waals surface area (Å²) in [5.74, 6) is -0.00640. The van der Waals surface area contributed by atoms with Crippen LogP contribution in [0.2, 0.25) is 0 Å². The van der Waals surface area contributed by atoms with Gasteiger partial charge in [0.1, 0.15) is 11.5 Å². The molecule has 4 rings (SSSR count). The smallest absolute Gasteiger partial charge is 0.268 e. The fraction of sp³-hybridized carbons (Fsp3) is 0.100. The zero-order valence-corrected chi connectivity index (χ0v) is 14.9. The minimum Gasteiger partial charge on any atom is -0.364 e. The molecule has 4 aromatic rings. The molecule has 3 heterocycles. The summed E-state index contributed by atoms with van der Waals surface area (Å²) in [5.41, 5.74) is 7.76. The molecular weight excluding hydrogens is 342 g/mol. The summed E-state index contributed by atoms with van der Waals surface area (Å²) in [5, 5.41) is 1.15. The Morgan fingerprint density at radius 2 is 1.93 bits per heavy atom. The zero-order chi connectivity index (χ0) is 19.1. The monoisotopic (exact) mass is 359 g/mol. The predicted molar refractivity (Wildman–Crippen MR) is 106 cm³/mol. The molecule has 1 aromatic carbocycles. The Balaban J connectivity index is 2.04. The van der Waals surface area contributed by atoms with E-state index in [9.17, 15) is 9.59 Å². The van der Waals surface area contributed by atoms with Crippen molar-refractivity contribution < 1.29 is 4.79 Å². The maximum Gasteiger partial charge on any atom is 0.268 e. The summed E-state index contributed by atoms with van der Waals surface area (Å²) in [4.78, 5) is 38.1. The second-order valence-electron chi connectivity index (χ2n) is 6.44. The largest absolute Gasteiger partial charge is 0.364 e. The van der Waals surface area contributed by atoms with Crippen molar-refractivity contribution in [1.82, 2.24) is 15.0 Å². The normalized spacial score (nSPS) is 11.0. The van der Waals surface area contributed by atoms with Crippen LogP contribution in [0.5, 0.6) is 0 Å². The average Bonchev–Trinajstić information content (AvgIpc) is 2.66. The molecule has 1 amide bonds. The number of fused-ring (bicyclic) bond motifs is 2. The fourth-order valence-corrected chi connectivity index (χ4v) is 3.18. The van der Waals surface area contributed by atoms with Crippen LogP contribution in [-0.4, -0.2) is 35.0 Å². The van der Waals surface area contributed by atoms with E-state index in [1.807, 2.05) is 49.3 Å². The molecule has 3 aromatic heterocycles. The molecular formula is C20H17N5O2. The highest BCUT2D eigenvalue weighted by atomic mass is 16.1. The van der Waals surface area contributed by atoms with Gasteiger partial charge < -0.3 is 15.6 Å². The topological polar surface area (TPSA) is 105 Å². The van der Waals surface area contributed by atoms with E-state index < -0.39 is 5.91 Å². The summed E-state index contributed by atoms with van der Waals surface area (Å²) in [6.45, 7) is 0. The summed E-state index contributed by atoms with van der Waals surface area (Å²) >= 11 is 0. The summed E-state index contributed by atoms with van der Waals surface area (Å²) in [6.07, 6.45) is 1.45. The van der Waals surface area contributed by atoms with Crippen molar-refractivity contribution in [3.05, 3.63) is 64.6 Å². The summed E-state index contributed by atoms with van der Waals surface area (Å²) in [6, 6.07) is 12.9. The van der Waals surface area contributed by atoms with Crippen LogP contribution >= 0.6 is 0 Å². The Labute approximate surface area is 154 Å². The second kappa shape index (κ2) is 6.21. The Bertz CT molecular complexity index is 1260. The Morgan fingerprint density at radius 1 is 1.15 bits per heavy atom. The van der Waals surface area contributed by atoms with Crippen LogP contribution in [0.4, 0.5) is 5.82 Å². The maximum atomic E-state index is 12.7. The van der Waals surface area contributed by atoms with Crippen LogP contribution in [0.3, 0.4) is 0 Å². The Hall–Kier alpha value is -3.74. The number of carbonyl (C=O) groups excluding carboxylic acids is 1. The van der Waals surface area contributed by atoms with Gasteiger partial charge in [-0.1, -0.05) is 18.2 Å². The van der Waals surface area contributed by atoms with Crippen molar-refractivity contribution in [1.29, 1.82) is 0 Å². The Morgan fingerprint density at radius 3 is 2.67 bits per heavy atom. The highest BCUT2D eigenvalue weighted by molar-refractivity contribution is 6.04. The van der Waals surface area contributed by atoms with Gasteiger partial charge in [0.05, 0.1) is 22.1 Å². The van der Waals surface area contributed by atoms with E-state index >= 15 is 0 Å². The molecule has 0 fully saturated rings. The number of nitrogens with one attached hydrogen (secondary N) is 1. The number of hydrogen-bond donors (Lipinski definition) is 2. The van der Waals surface area contributed by atoms with Gasteiger partial charge in [-0.05, 0) is 18.2 Å². The number of carbonyl (C=O) groups is 1. The van der Waals surface area contributed by atoms with Crippen molar-refractivity contribution >= 4 is 33.5 Å². The van der Waals surface area contributed by atoms with Crippen LogP contribution in [0.25, 0.3) is 33.1 Å². The lowest BCUT2D eigenvalue weighted by atomic mass is 10.1. The van der Waals surface area contributed by atoms with Crippen LogP contribution in [0.15, 0.2) is 53.5 Å². The predicted octanol–water partition coefficient (Wildman–Crippen LogP) is 2.30. The van der Waals surface area contributed by atoms with E-state index in [2.05, 4.69) is 9.97 Å². The molecule has 0 spiro atoms. The molecule has 0 saturated heterocycles. The molecule has 7 nitrogen and oxygen atoms in total. The number of aromatic nitrogens is 3. The molecule has 7 heteroatoms. The van der Waals surface area contributed by atoms with Crippen molar-refractivity contribution in [3.63, 3.8) is 0 Å². The van der Waals surface area contributed by atoms with Gasteiger partial charge in [-0.3, -0.25) is 14.6 Å². The van der Waals surface area contributed by atoms with Gasteiger partial charge in [0, 0.05) is 37.3 Å². The Kier molecular flexibility index (Phi) is 3.84. The van der Waals surface area contributed by atoms with E-state index in [4.69, 9.17) is 10.7 Å². The third-order valence-electron chi connectivity index (χ3n) is 4.39. The number of nitrogens with two attached hydrogens (primary N) is 1. The SMILES string of the molecule is CN(C)c1nc2ccccc2cc1-c1cc(=O)c2c(C(N)=O)nccc2[nH]1. The van der Waals surface area contributed by atoms with Gasteiger partial charge in [0.25, 0.3) is 5.91 Å². The first kappa shape index (κ1) is 16.7. The van der Waals surface area contributed by atoms with E-state index in [0.29, 0.717) is 11.2 Å². The number of para-hydroxylation sites is 1. The molecule has 0 aliphatic heterocycles. The average molecular weight is 359 g/mol. The molecule has 0 saturated carbocycles. The first-order valence-corrected chi connectivity index (χ1v) is 8.35. The number of anilines is 1. The van der Waals surface area contributed by atoms with Crippen molar-refractivity contribution in [2.75, 3.05) is 19.0 Å². The lowest BCUT2D eigenvalue weighted by molar-refractivity contribution is 0.0997. The molecule has 0 bridgehead atoms. The fourth-order valence-electron chi connectivity index (χ4n) is 3.18. The van der Waals surface area contributed by atoms with Crippen molar-refractivity contribution in [2.45, 2.75) is 0 Å². The number of aromatic amines is 1. The number of primary amides is 1. The van der Waals surface area contributed by atoms with E-state index in [-0.39, 0.29) is 16.5 Å². The van der Waals surface area contributed by atoms with E-state index in [1.54, 1.807) is 6.07 Å². The quantitative estimate of drug-likeness (QED) is 0.584. The van der Waals surface area contributed by atoms with Gasteiger partial charge in [-0.2, -0.15) is 0 Å². The highest BCUT2D eigenvalue weighted by Gasteiger charge is 2.16. The number of hydrogen-bond acceptors (Lipinski definition) is 5. The number of nitrogens with zero attached hydrogens (tertiary/aromatic N) is 3. The number of H-pyrrole nitrogens is 1. The van der Waals surface area contributed by atoms with Crippen LogP contribution in [-0.2, 0) is 0 Å². The van der Waals surface area contributed by atoms with Crippen LogP contribution in [0.1, 0.15) is 10.5 Å². The lowest BCUT2D eigenvalue weighted by Gasteiger charge is -2.18. The maximum absolute atomic E-state index is 12.7. The standard InChI is InChI=1S/C20H17N5O2/c1-25(2)20-12(9-11-5-3-4-6-13(11)24-20)15-10-16(26)17-14(23-15)7-8-22-18(17)19(21)27/h3-10H,1-2H3,(H2,21,27)(H,23,26). The lowest BCUT2D eigenvalue weighted by Crippen LogP contribution is -2.18. The van der Waals surface area contributed by atoms with Gasteiger partial charge in [-0.25, -0.2) is 4.98 Å². The van der Waals surface area contributed by atoms with E-state index in [1.165, 1.54) is 12.3 Å². The van der Waals surface area contributed by atoms with Gasteiger partial charge in [0.15, 0.2) is 5.43 Å². The van der Waals surface area contributed by atoms with Gasteiger partial charge >= 0.3 is 0 Å². The minimum atomic E-state index is -0.736. The summed E-state index contributed by atoms with van der Waals surface area (Å²) in [7, 11) is 3.80.